The van der Waals surface area contributed by atoms with Gasteiger partial charge in [0.25, 0.3) is 11.6 Å². The fraction of sp³-hybridized carbons (Fsp3) is 0.263. The van der Waals surface area contributed by atoms with Crippen LogP contribution in [0.2, 0.25) is 0 Å². The lowest BCUT2D eigenvalue weighted by atomic mass is 10.1. The maximum atomic E-state index is 12.8. The Morgan fingerprint density at radius 1 is 1.23 bits per heavy atom. The zero-order valence-corrected chi connectivity index (χ0v) is 15.5. The summed E-state index contributed by atoms with van der Waals surface area (Å²) in [6, 6.07) is 12.8. The molecule has 0 spiro atoms. The van der Waals surface area contributed by atoms with Gasteiger partial charge in [-0.2, -0.15) is 0 Å². The number of carbonyl (C=O) groups is 1. The first-order valence-corrected chi connectivity index (χ1v) is 9.24. The molecule has 2 aromatic rings. The number of amides is 1. The molecule has 0 aliphatic carbocycles. The van der Waals surface area contributed by atoms with Gasteiger partial charge in [-0.05, 0) is 25.5 Å². The summed E-state index contributed by atoms with van der Waals surface area (Å²) in [6.07, 6.45) is 0. The molecule has 1 aliphatic heterocycles. The van der Waals surface area contributed by atoms with Crippen LogP contribution in [0.5, 0.6) is 0 Å². The van der Waals surface area contributed by atoms with Gasteiger partial charge < -0.3 is 0 Å². The van der Waals surface area contributed by atoms with E-state index in [0.29, 0.717) is 29.4 Å². The number of nitro groups is 1. The maximum absolute atomic E-state index is 12.8. The summed E-state index contributed by atoms with van der Waals surface area (Å²) in [7, 11) is 0. The van der Waals surface area contributed by atoms with Crippen LogP contribution in [0.25, 0.3) is 0 Å². The molecule has 0 saturated heterocycles. The van der Waals surface area contributed by atoms with Crippen molar-refractivity contribution in [2.45, 2.75) is 19.6 Å². The van der Waals surface area contributed by atoms with Crippen LogP contribution in [0.4, 0.5) is 5.69 Å². The average molecular weight is 369 g/mol. The molecule has 6 nitrogen and oxygen atoms in total. The van der Waals surface area contributed by atoms with Crippen LogP contribution in [-0.4, -0.2) is 34.0 Å². The number of aryl methyl sites for hydroxylation is 2. The second kappa shape index (κ2) is 7.70. The van der Waals surface area contributed by atoms with Gasteiger partial charge in [-0.15, -0.1) is 0 Å². The van der Waals surface area contributed by atoms with Crippen LogP contribution in [0, 0.1) is 24.0 Å². The van der Waals surface area contributed by atoms with Crippen LogP contribution in [0.15, 0.2) is 47.5 Å². The second-order valence-corrected chi connectivity index (χ2v) is 7.10. The molecule has 3 rings (SSSR count). The van der Waals surface area contributed by atoms with Gasteiger partial charge in [0.05, 0.1) is 11.5 Å². The average Bonchev–Trinajstić information content (AvgIpc) is 3.09. The van der Waals surface area contributed by atoms with Gasteiger partial charge >= 0.3 is 0 Å². The highest BCUT2D eigenvalue weighted by Crippen LogP contribution is 2.24. The van der Waals surface area contributed by atoms with Gasteiger partial charge in [-0.1, -0.05) is 47.7 Å². The van der Waals surface area contributed by atoms with Crippen LogP contribution in [0.3, 0.4) is 0 Å². The highest BCUT2D eigenvalue weighted by Gasteiger charge is 2.26. The lowest BCUT2D eigenvalue weighted by molar-refractivity contribution is -0.385. The van der Waals surface area contributed by atoms with E-state index in [-0.39, 0.29) is 11.6 Å². The van der Waals surface area contributed by atoms with Crippen molar-refractivity contribution in [3.63, 3.8) is 0 Å². The Bertz CT molecular complexity index is 878. The minimum absolute atomic E-state index is 0.0409. The van der Waals surface area contributed by atoms with Gasteiger partial charge in [0, 0.05) is 29.5 Å². The van der Waals surface area contributed by atoms with E-state index >= 15 is 0 Å². The van der Waals surface area contributed by atoms with Crippen LogP contribution in [0.1, 0.15) is 27.0 Å². The lowest BCUT2D eigenvalue weighted by Gasteiger charge is -2.18. The van der Waals surface area contributed by atoms with Crippen LogP contribution < -0.4 is 0 Å². The van der Waals surface area contributed by atoms with Crippen molar-refractivity contribution in [1.29, 1.82) is 0 Å². The van der Waals surface area contributed by atoms with Gasteiger partial charge in [0.15, 0.2) is 5.17 Å². The minimum Gasteiger partial charge on any atom is -0.286 e. The standard InChI is InChI=1S/C19H19N3O3S/c1-13-3-6-15(7-4-13)12-26-19-20-9-10-21(19)18(23)16-8-5-14(2)17(11-16)22(24)25/h3-8,11H,9-10,12H2,1-2H3. The quantitative estimate of drug-likeness (QED) is 0.604. The molecule has 0 fully saturated rings. The lowest BCUT2D eigenvalue weighted by Crippen LogP contribution is -2.32. The topological polar surface area (TPSA) is 75.8 Å². The number of thioether (sulfide) groups is 1. The fourth-order valence-electron chi connectivity index (χ4n) is 2.67. The summed E-state index contributed by atoms with van der Waals surface area (Å²) in [5.74, 6) is 0.470. The first-order valence-electron chi connectivity index (χ1n) is 8.25. The molecule has 2 aromatic carbocycles. The highest BCUT2D eigenvalue weighted by molar-refractivity contribution is 8.13. The maximum Gasteiger partial charge on any atom is 0.273 e. The summed E-state index contributed by atoms with van der Waals surface area (Å²) in [5.41, 5.74) is 3.17. The Morgan fingerprint density at radius 2 is 1.96 bits per heavy atom. The molecule has 1 heterocycles. The Morgan fingerprint density at radius 3 is 2.65 bits per heavy atom. The predicted molar refractivity (Wildman–Crippen MR) is 104 cm³/mol. The van der Waals surface area contributed by atoms with Crippen molar-refractivity contribution >= 4 is 28.5 Å². The van der Waals surface area contributed by atoms with E-state index < -0.39 is 4.92 Å². The Hall–Kier alpha value is -2.67. The molecule has 0 N–H and O–H groups in total. The SMILES string of the molecule is Cc1ccc(CSC2=NCCN2C(=O)c2ccc(C)c([N+](=O)[O-])c2)cc1. The molecule has 1 amide bonds. The van der Waals surface area contributed by atoms with E-state index in [4.69, 9.17) is 0 Å². The number of nitrogens with zero attached hydrogens (tertiary/aromatic N) is 3. The smallest absolute Gasteiger partial charge is 0.273 e. The first kappa shape index (κ1) is 18.1. The third-order valence-electron chi connectivity index (χ3n) is 4.19. The number of aliphatic imine (C=N–C) groups is 1. The number of carbonyl (C=O) groups excluding carboxylic acids is 1. The third kappa shape index (κ3) is 3.94. The van der Waals surface area contributed by atoms with Crippen molar-refractivity contribution in [3.8, 4) is 0 Å². The summed E-state index contributed by atoms with van der Waals surface area (Å²) in [6.45, 7) is 4.75. The predicted octanol–water partition coefficient (Wildman–Crippen LogP) is 3.96. The molecule has 0 radical (unpaired) electrons. The van der Waals surface area contributed by atoms with Crippen molar-refractivity contribution in [2.24, 2.45) is 4.99 Å². The summed E-state index contributed by atoms with van der Waals surface area (Å²) < 4.78 is 0. The summed E-state index contributed by atoms with van der Waals surface area (Å²) >= 11 is 1.51. The van der Waals surface area contributed by atoms with E-state index in [0.717, 1.165) is 11.3 Å². The largest absolute Gasteiger partial charge is 0.286 e. The molecule has 7 heteroatoms. The molecule has 0 saturated carbocycles. The molecule has 0 aromatic heterocycles. The van der Waals surface area contributed by atoms with E-state index in [9.17, 15) is 14.9 Å². The number of nitro benzene ring substituents is 1. The summed E-state index contributed by atoms with van der Waals surface area (Å²) in [5, 5.41) is 11.8. The van der Waals surface area contributed by atoms with Gasteiger partial charge in [-0.25, -0.2) is 0 Å². The van der Waals surface area contributed by atoms with Gasteiger partial charge in [-0.3, -0.25) is 24.8 Å². The van der Waals surface area contributed by atoms with Gasteiger partial charge in [0.2, 0.25) is 0 Å². The van der Waals surface area contributed by atoms with Crippen molar-refractivity contribution in [1.82, 2.24) is 4.90 Å². The van der Waals surface area contributed by atoms with Crippen LogP contribution in [-0.2, 0) is 5.75 Å². The first-order chi connectivity index (χ1) is 12.5. The number of rotatable bonds is 4. The minimum atomic E-state index is -0.461. The second-order valence-electron chi connectivity index (χ2n) is 6.15. The van der Waals surface area contributed by atoms with E-state index in [2.05, 4.69) is 29.3 Å². The number of benzene rings is 2. The van der Waals surface area contributed by atoms with E-state index in [1.54, 1.807) is 24.0 Å². The Balaban J connectivity index is 1.73. The molecule has 134 valence electrons. The van der Waals surface area contributed by atoms with E-state index in [1.165, 1.54) is 23.4 Å². The van der Waals surface area contributed by atoms with Gasteiger partial charge in [0.1, 0.15) is 0 Å². The number of hydrogen-bond donors (Lipinski definition) is 0. The van der Waals surface area contributed by atoms with Crippen molar-refractivity contribution in [3.05, 3.63) is 74.8 Å². The number of amidine groups is 1. The number of hydrogen-bond acceptors (Lipinski definition) is 5. The van der Waals surface area contributed by atoms with Crippen LogP contribution >= 0.6 is 11.8 Å². The molecule has 0 atom stereocenters. The highest BCUT2D eigenvalue weighted by atomic mass is 32.2. The molecule has 26 heavy (non-hydrogen) atoms. The third-order valence-corrected chi connectivity index (χ3v) is 5.27. The van der Waals surface area contributed by atoms with Crippen molar-refractivity contribution < 1.29 is 9.72 Å². The molecule has 0 unspecified atom stereocenters. The molecular formula is C19H19N3O3S. The zero-order chi connectivity index (χ0) is 18.7. The molecule has 0 bridgehead atoms. The summed E-state index contributed by atoms with van der Waals surface area (Å²) in [4.78, 5) is 29.5. The molecular weight excluding hydrogens is 350 g/mol. The fourth-order valence-corrected chi connectivity index (χ4v) is 3.67. The van der Waals surface area contributed by atoms with E-state index in [1.807, 2.05) is 6.92 Å². The normalized spacial score (nSPS) is 13.6. The monoisotopic (exact) mass is 369 g/mol. The Kier molecular flexibility index (Phi) is 5.37. The molecule has 1 aliphatic rings. The Labute approximate surface area is 156 Å². The zero-order valence-electron chi connectivity index (χ0n) is 14.6. The van der Waals surface area contributed by atoms with Crippen molar-refractivity contribution in [2.75, 3.05) is 13.1 Å².